The predicted octanol–water partition coefficient (Wildman–Crippen LogP) is 15.5. The van der Waals surface area contributed by atoms with Crippen LogP contribution in [-0.4, -0.2) is 12.6 Å². The van der Waals surface area contributed by atoms with E-state index in [9.17, 15) is 4.39 Å². The molecular weight excluding hydrogens is 862 g/mol. The van der Waals surface area contributed by atoms with E-state index in [0.717, 1.165) is 74.0 Å². The van der Waals surface area contributed by atoms with E-state index in [1.807, 2.05) is 12.1 Å². The lowest BCUT2D eigenvalue weighted by Crippen LogP contribution is -2.56. The molecule has 2 aliphatic heterocycles. The molecule has 2 unspecified atom stereocenters. The van der Waals surface area contributed by atoms with E-state index in [4.69, 9.17) is 11.0 Å². The number of rotatable bonds is 6. The molecule has 69 heavy (non-hydrogen) atoms. The third kappa shape index (κ3) is 6.89. The topological polar surface area (TPSA) is 25.8 Å². The van der Waals surface area contributed by atoms with E-state index in [1.54, 1.807) is 0 Å². The van der Waals surface area contributed by atoms with Gasteiger partial charge in [-0.1, -0.05) is 144 Å². The molecule has 2 aliphatic rings. The second-order valence-electron chi connectivity index (χ2n) is 21.1. The summed E-state index contributed by atoms with van der Waals surface area (Å²) in [6.45, 7) is 22.0. The summed E-state index contributed by atoms with van der Waals surface area (Å²) in [5, 5.41) is 3.55. The van der Waals surface area contributed by atoms with Gasteiger partial charge in [-0.15, -0.1) is 0 Å². The van der Waals surface area contributed by atoms with Gasteiger partial charge in [-0.25, -0.2) is 4.39 Å². The number of hydrogen-bond acceptors (Lipinski definition) is 1. The Balaban J connectivity index is 1.23. The number of halogens is 1. The van der Waals surface area contributed by atoms with E-state index in [2.05, 4.69) is 201 Å². The minimum Gasteiger partial charge on any atom is -0.455 e. The Morgan fingerprint density at radius 3 is 2.09 bits per heavy atom. The van der Waals surface area contributed by atoms with Crippen molar-refractivity contribution in [1.29, 1.82) is 0 Å². The maximum Gasteiger partial charge on any atom is 0.304 e. The molecule has 6 heteroatoms. The van der Waals surface area contributed by atoms with Gasteiger partial charge < -0.3 is 4.42 Å². The molecule has 4 nitrogen and oxygen atoms in total. The zero-order valence-electron chi connectivity index (χ0n) is 40.6. The van der Waals surface area contributed by atoms with Gasteiger partial charge >= 0.3 is 5.82 Å². The van der Waals surface area contributed by atoms with Crippen molar-refractivity contribution in [2.75, 3.05) is 0 Å². The van der Waals surface area contributed by atoms with Gasteiger partial charge in [0.05, 0.1) is 14.0 Å². The predicted molar refractivity (Wildman–Crippen MR) is 286 cm³/mol. The molecule has 0 bridgehead atoms. The molecule has 3 aromatic heterocycles. The number of aryl methyl sites for hydroxylation is 1. The Labute approximate surface area is 405 Å². The van der Waals surface area contributed by atoms with E-state index in [1.165, 1.54) is 67.6 Å². The van der Waals surface area contributed by atoms with Gasteiger partial charge in [0.25, 0.3) is 0 Å². The fourth-order valence-electron chi connectivity index (χ4n) is 11.7. The standard InChI is InChI=1S/C63H58FN3OSi/c1-38(2)53-34-45(41-16-10-9-11-17-41)35-54(39(3)4)61(53)67-57-21-15-14-20-56(57)66-40(5)60-51(48-18-12-13-19-49(48)55-33-29-47(37-65(55)60)69(6,7)8)31-24-43-25-32-52-50-30-26-44(42-22-27-46(64)28-23-42)36-58(50)68-62(52)59(43)63(66)67/h9-23,25-30,32-39,51,60H,5,24,31H2,1-4,6-8H3/q+2. The minimum absolute atomic E-state index is 0.0810. The molecular formula is C63H58FN3OSi+2. The molecule has 0 saturated carbocycles. The summed E-state index contributed by atoms with van der Waals surface area (Å²) in [6, 6.07) is 56.3. The van der Waals surface area contributed by atoms with E-state index < -0.39 is 8.07 Å². The molecule has 0 N–H and O–H groups in total. The van der Waals surface area contributed by atoms with Crippen molar-refractivity contribution in [2.24, 2.45) is 0 Å². The monoisotopic (exact) mass is 919 g/mol. The molecule has 0 radical (unpaired) electrons. The number of aromatic nitrogens is 3. The Morgan fingerprint density at radius 1 is 0.681 bits per heavy atom. The highest BCUT2D eigenvalue weighted by Crippen LogP contribution is 2.49. The first-order chi connectivity index (χ1) is 33.4. The molecule has 12 rings (SSSR count). The SMILES string of the molecule is C=C1C2C(CCc3ccc4c(oc5cc(-c6ccc(F)cc6)ccc54)c3-c3n(-c4c(C(C)C)cc(-c5ccccc5)cc4C(C)C)c4ccccc4[n+]31)c1ccccc1-c1ccc([Si](C)(C)C)c[n+]12. The van der Waals surface area contributed by atoms with Crippen molar-refractivity contribution < 1.29 is 17.9 Å². The molecule has 0 fully saturated rings. The number of fused-ring (bicyclic) bond motifs is 15. The summed E-state index contributed by atoms with van der Waals surface area (Å²) < 4.78 is 29.2. The van der Waals surface area contributed by atoms with Gasteiger partial charge in [-0.2, -0.15) is 13.7 Å². The Kier molecular flexibility index (Phi) is 10.2. The van der Waals surface area contributed by atoms with Crippen LogP contribution in [0.25, 0.3) is 89.3 Å². The van der Waals surface area contributed by atoms with Crippen LogP contribution in [0.4, 0.5) is 4.39 Å². The number of nitrogens with zero attached hydrogens (tertiary/aromatic N) is 3. The van der Waals surface area contributed by atoms with Gasteiger partial charge in [0, 0.05) is 38.7 Å². The van der Waals surface area contributed by atoms with Crippen LogP contribution in [0, 0.1) is 5.82 Å². The normalized spacial score (nSPS) is 15.7. The number of para-hydroxylation sites is 2. The molecule has 5 heterocycles. The lowest BCUT2D eigenvalue weighted by atomic mass is 9.78. The first-order valence-electron chi connectivity index (χ1n) is 24.7. The quantitative estimate of drug-likeness (QED) is 0.121. The van der Waals surface area contributed by atoms with Crippen molar-refractivity contribution in [3.8, 4) is 50.6 Å². The second-order valence-corrected chi connectivity index (χ2v) is 26.2. The third-order valence-corrected chi connectivity index (χ3v) is 17.2. The number of allylic oxidation sites excluding steroid dienone is 1. The Hall–Kier alpha value is -7.15. The fraction of sp³-hybridized carbons (Fsp3) is 0.206. The van der Waals surface area contributed by atoms with E-state index >= 15 is 0 Å². The molecule has 0 saturated heterocycles. The first-order valence-corrected chi connectivity index (χ1v) is 28.2. The van der Waals surface area contributed by atoms with Crippen LogP contribution in [0.1, 0.15) is 80.2 Å². The number of benzene rings is 7. The van der Waals surface area contributed by atoms with Crippen LogP contribution < -0.4 is 14.3 Å². The maximum atomic E-state index is 14.1. The zero-order chi connectivity index (χ0) is 47.5. The average Bonchev–Trinajstić information content (AvgIpc) is 3.91. The van der Waals surface area contributed by atoms with Gasteiger partial charge in [0.15, 0.2) is 28.5 Å². The Morgan fingerprint density at radius 2 is 1.35 bits per heavy atom. The molecule has 0 aliphatic carbocycles. The van der Waals surface area contributed by atoms with Crippen LogP contribution in [0.15, 0.2) is 175 Å². The van der Waals surface area contributed by atoms with Crippen LogP contribution in [-0.2, 0) is 6.42 Å². The smallest absolute Gasteiger partial charge is 0.304 e. The first kappa shape index (κ1) is 43.1. The molecule has 0 amide bonds. The number of furan rings is 1. The van der Waals surface area contributed by atoms with Crippen molar-refractivity contribution in [1.82, 2.24) is 4.57 Å². The van der Waals surface area contributed by atoms with Gasteiger partial charge in [0.1, 0.15) is 22.7 Å². The fourth-order valence-corrected chi connectivity index (χ4v) is 12.8. The lowest BCUT2D eigenvalue weighted by molar-refractivity contribution is -0.723. The summed E-state index contributed by atoms with van der Waals surface area (Å²) in [5.41, 5.74) is 19.3. The minimum atomic E-state index is -1.73. The third-order valence-electron chi connectivity index (χ3n) is 15.2. The van der Waals surface area contributed by atoms with Gasteiger partial charge in [-0.3, -0.25) is 0 Å². The molecule has 340 valence electrons. The largest absolute Gasteiger partial charge is 0.455 e. The highest BCUT2D eigenvalue weighted by Gasteiger charge is 2.48. The summed E-state index contributed by atoms with van der Waals surface area (Å²) in [4.78, 5) is 0. The summed E-state index contributed by atoms with van der Waals surface area (Å²) in [5.74, 6) is 1.36. The average molecular weight is 920 g/mol. The van der Waals surface area contributed by atoms with E-state index in [-0.39, 0.29) is 29.6 Å². The van der Waals surface area contributed by atoms with Gasteiger partial charge in [0.2, 0.25) is 11.7 Å². The highest BCUT2D eigenvalue weighted by molar-refractivity contribution is 6.88. The number of imidazole rings is 1. The highest BCUT2D eigenvalue weighted by atomic mass is 28.3. The lowest BCUT2D eigenvalue weighted by Gasteiger charge is -2.31. The Bertz CT molecular complexity index is 3670. The summed E-state index contributed by atoms with van der Waals surface area (Å²) in [7, 11) is -1.73. The second kappa shape index (κ2) is 16.2. The molecule has 0 spiro atoms. The van der Waals surface area contributed by atoms with Crippen molar-refractivity contribution in [2.45, 2.75) is 84.0 Å². The number of pyridine rings is 1. The molecule has 2 atom stereocenters. The van der Waals surface area contributed by atoms with Crippen LogP contribution in [0.3, 0.4) is 0 Å². The van der Waals surface area contributed by atoms with Crippen molar-refractivity contribution >= 4 is 51.9 Å². The van der Waals surface area contributed by atoms with Gasteiger partial charge in [-0.05, 0) is 119 Å². The summed E-state index contributed by atoms with van der Waals surface area (Å²) in [6.07, 6.45) is 4.23. The van der Waals surface area contributed by atoms with Crippen molar-refractivity contribution in [3.63, 3.8) is 0 Å². The molecule has 10 aromatic rings. The maximum absolute atomic E-state index is 14.1. The summed E-state index contributed by atoms with van der Waals surface area (Å²) >= 11 is 0. The molecule has 7 aromatic carbocycles. The van der Waals surface area contributed by atoms with Crippen molar-refractivity contribution in [3.05, 3.63) is 199 Å². The van der Waals surface area contributed by atoms with Crippen LogP contribution in [0.2, 0.25) is 19.6 Å². The number of hydrogen-bond donors (Lipinski definition) is 0. The van der Waals surface area contributed by atoms with E-state index in [0.29, 0.717) is 0 Å². The van der Waals surface area contributed by atoms with Crippen LogP contribution >= 0.6 is 0 Å². The van der Waals surface area contributed by atoms with Crippen LogP contribution in [0.5, 0.6) is 0 Å². The zero-order valence-corrected chi connectivity index (χ0v) is 41.6.